The Kier molecular flexibility index (Phi) is 3.89. The Labute approximate surface area is 106 Å². The highest BCUT2D eigenvalue weighted by atomic mass is 16.5. The summed E-state index contributed by atoms with van der Waals surface area (Å²) < 4.78 is 6.96. The van der Waals surface area contributed by atoms with Crippen LogP contribution in [0, 0.1) is 0 Å². The number of carbonyl (C=O) groups excluding carboxylic acids is 1. The van der Waals surface area contributed by atoms with Crippen molar-refractivity contribution >= 4 is 5.78 Å². The number of aromatic nitrogens is 2. The van der Waals surface area contributed by atoms with Gasteiger partial charge < -0.3 is 4.74 Å². The summed E-state index contributed by atoms with van der Waals surface area (Å²) in [5, 5.41) is 4.19. The Morgan fingerprint density at radius 1 is 1.33 bits per heavy atom. The van der Waals surface area contributed by atoms with Crippen molar-refractivity contribution < 1.29 is 9.53 Å². The Morgan fingerprint density at radius 3 is 2.72 bits per heavy atom. The summed E-state index contributed by atoms with van der Waals surface area (Å²) in [7, 11) is 0. The van der Waals surface area contributed by atoms with Crippen LogP contribution in [-0.4, -0.2) is 28.3 Å². The van der Waals surface area contributed by atoms with Crippen LogP contribution in [0.4, 0.5) is 0 Å². The van der Waals surface area contributed by atoms with Crippen molar-refractivity contribution in [2.45, 2.75) is 20.0 Å². The third kappa shape index (κ3) is 2.49. The second-order valence-electron chi connectivity index (χ2n) is 3.93. The summed E-state index contributed by atoms with van der Waals surface area (Å²) in [5.41, 5.74) is 1.41. The van der Waals surface area contributed by atoms with Crippen LogP contribution in [0.1, 0.15) is 24.3 Å². The van der Waals surface area contributed by atoms with Crippen LogP contribution in [0.3, 0.4) is 0 Å². The van der Waals surface area contributed by atoms with Gasteiger partial charge in [-0.2, -0.15) is 5.10 Å². The molecule has 0 aliphatic rings. The SMILES string of the molecule is CCOC(C)C(=O)c1ccnn1-c1ccccc1. The fraction of sp³-hybridized carbons (Fsp3) is 0.286. The number of rotatable bonds is 5. The largest absolute Gasteiger partial charge is 0.371 e. The Bertz CT molecular complexity index is 520. The molecule has 0 aliphatic heterocycles. The molecule has 2 aromatic rings. The van der Waals surface area contributed by atoms with Crippen molar-refractivity contribution in [2.24, 2.45) is 0 Å². The molecule has 94 valence electrons. The molecule has 0 aliphatic carbocycles. The second-order valence-corrected chi connectivity index (χ2v) is 3.93. The molecule has 0 N–H and O–H groups in total. The highest BCUT2D eigenvalue weighted by Gasteiger charge is 2.19. The number of hydrogen-bond donors (Lipinski definition) is 0. The maximum absolute atomic E-state index is 12.2. The van der Waals surface area contributed by atoms with E-state index >= 15 is 0 Å². The predicted octanol–water partition coefficient (Wildman–Crippen LogP) is 2.48. The minimum Gasteiger partial charge on any atom is -0.371 e. The van der Waals surface area contributed by atoms with Gasteiger partial charge >= 0.3 is 0 Å². The van der Waals surface area contributed by atoms with Gasteiger partial charge in [-0.25, -0.2) is 4.68 Å². The summed E-state index contributed by atoms with van der Waals surface area (Å²) >= 11 is 0. The molecule has 1 aromatic carbocycles. The fourth-order valence-electron chi connectivity index (χ4n) is 1.80. The topological polar surface area (TPSA) is 44.1 Å². The fourth-order valence-corrected chi connectivity index (χ4v) is 1.80. The molecule has 0 saturated heterocycles. The number of hydrogen-bond acceptors (Lipinski definition) is 3. The molecule has 1 heterocycles. The molecular formula is C14H16N2O2. The number of nitrogens with zero attached hydrogens (tertiary/aromatic N) is 2. The summed E-state index contributed by atoms with van der Waals surface area (Å²) in [6.07, 6.45) is 1.17. The number of carbonyl (C=O) groups is 1. The van der Waals surface area contributed by atoms with E-state index in [2.05, 4.69) is 5.10 Å². The average Bonchev–Trinajstić information content (AvgIpc) is 2.88. The van der Waals surface area contributed by atoms with Crippen LogP contribution in [0.5, 0.6) is 0 Å². The smallest absolute Gasteiger partial charge is 0.209 e. The third-order valence-electron chi connectivity index (χ3n) is 2.68. The molecule has 2 rings (SSSR count). The molecule has 4 nitrogen and oxygen atoms in total. The Balaban J connectivity index is 2.31. The number of Topliss-reactive ketones (excluding diaryl/α,β-unsaturated/α-hetero) is 1. The molecule has 0 spiro atoms. The summed E-state index contributed by atoms with van der Waals surface area (Å²) in [5.74, 6) is -0.0572. The van der Waals surface area contributed by atoms with Crippen molar-refractivity contribution in [2.75, 3.05) is 6.61 Å². The molecule has 0 radical (unpaired) electrons. The van der Waals surface area contributed by atoms with Gasteiger partial charge in [-0.05, 0) is 32.0 Å². The zero-order chi connectivity index (χ0) is 13.0. The zero-order valence-electron chi connectivity index (χ0n) is 10.5. The van der Waals surface area contributed by atoms with Gasteiger partial charge in [-0.15, -0.1) is 0 Å². The highest BCUT2D eigenvalue weighted by Crippen LogP contribution is 2.12. The molecule has 1 unspecified atom stereocenters. The number of ketones is 1. The Morgan fingerprint density at radius 2 is 2.06 bits per heavy atom. The van der Waals surface area contributed by atoms with E-state index in [9.17, 15) is 4.79 Å². The van der Waals surface area contributed by atoms with Gasteiger partial charge in [0.05, 0.1) is 11.9 Å². The van der Waals surface area contributed by atoms with Crippen LogP contribution in [0.2, 0.25) is 0 Å². The van der Waals surface area contributed by atoms with Crippen LogP contribution in [-0.2, 0) is 4.74 Å². The summed E-state index contributed by atoms with van der Waals surface area (Å²) in [6.45, 7) is 4.15. The number of para-hydroxylation sites is 1. The molecule has 0 fully saturated rings. The van der Waals surface area contributed by atoms with Crippen LogP contribution in [0.25, 0.3) is 5.69 Å². The Hall–Kier alpha value is -1.94. The first-order chi connectivity index (χ1) is 8.74. The summed E-state index contributed by atoms with van der Waals surface area (Å²) in [4.78, 5) is 12.2. The minimum absolute atomic E-state index is 0.0572. The van der Waals surface area contributed by atoms with E-state index in [4.69, 9.17) is 4.74 Å². The molecule has 0 amide bonds. The van der Waals surface area contributed by atoms with Crippen LogP contribution < -0.4 is 0 Å². The molecule has 4 heteroatoms. The van der Waals surface area contributed by atoms with Crippen molar-refractivity contribution in [3.8, 4) is 5.69 Å². The van der Waals surface area contributed by atoms with E-state index in [0.717, 1.165) is 5.69 Å². The lowest BCUT2D eigenvalue weighted by atomic mass is 10.2. The first-order valence-corrected chi connectivity index (χ1v) is 5.99. The highest BCUT2D eigenvalue weighted by molar-refractivity contribution is 5.98. The third-order valence-corrected chi connectivity index (χ3v) is 2.68. The minimum atomic E-state index is -0.450. The maximum atomic E-state index is 12.2. The van der Waals surface area contributed by atoms with Crippen molar-refractivity contribution in [3.63, 3.8) is 0 Å². The lowest BCUT2D eigenvalue weighted by Crippen LogP contribution is -2.23. The van der Waals surface area contributed by atoms with Crippen molar-refractivity contribution in [1.29, 1.82) is 0 Å². The molecular weight excluding hydrogens is 228 g/mol. The average molecular weight is 244 g/mol. The first-order valence-electron chi connectivity index (χ1n) is 5.99. The van der Waals surface area contributed by atoms with E-state index < -0.39 is 6.10 Å². The van der Waals surface area contributed by atoms with E-state index in [1.807, 2.05) is 37.3 Å². The normalized spacial score (nSPS) is 12.3. The van der Waals surface area contributed by atoms with Crippen LogP contribution in [0.15, 0.2) is 42.6 Å². The summed E-state index contributed by atoms with van der Waals surface area (Å²) in [6, 6.07) is 11.3. The van der Waals surface area contributed by atoms with Gasteiger partial charge in [0.1, 0.15) is 11.8 Å². The number of benzene rings is 1. The second kappa shape index (κ2) is 5.60. The van der Waals surface area contributed by atoms with E-state index in [-0.39, 0.29) is 5.78 Å². The molecule has 0 bridgehead atoms. The zero-order valence-corrected chi connectivity index (χ0v) is 10.5. The van der Waals surface area contributed by atoms with Gasteiger partial charge in [-0.1, -0.05) is 18.2 Å². The van der Waals surface area contributed by atoms with Gasteiger partial charge in [0.2, 0.25) is 5.78 Å². The monoisotopic (exact) mass is 244 g/mol. The van der Waals surface area contributed by atoms with Crippen molar-refractivity contribution in [3.05, 3.63) is 48.3 Å². The van der Waals surface area contributed by atoms with Gasteiger partial charge in [-0.3, -0.25) is 4.79 Å². The van der Waals surface area contributed by atoms with Gasteiger partial charge in [0.15, 0.2) is 0 Å². The van der Waals surface area contributed by atoms with E-state index in [1.165, 1.54) is 0 Å². The van der Waals surface area contributed by atoms with Crippen LogP contribution >= 0.6 is 0 Å². The lowest BCUT2D eigenvalue weighted by Gasteiger charge is -2.12. The standard InChI is InChI=1S/C14H16N2O2/c1-3-18-11(2)14(17)13-9-10-15-16(13)12-7-5-4-6-8-12/h4-11H,3H2,1-2H3. The van der Waals surface area contributed by atoms with Gasteiger partial charge in [0.25, 0.3) is 0 Å². The molecule has 0 saturated carbocycles. The molecule has 1 atom stereocenters. The first kappa shape index (κ1) is 12.5. The van der Waals surface area contributed by atoms with E-state index in [1.54, 1.807) is 23.9 Å². The quantitative estimate of drug-likeness (QED) is 0.759. The number of ether oxygens (including phenoxy) is 1. The van der Waals surface area contributed by atoms with Crippen molar-refractivity contribution in [1.82, 2.24) is 9.78 Å². The van der Waals surface area contributed by atoms with Gasteiger partial charge in [0, 0.05) is 6.61 Å². The predicted molar refractivity (Wildman–Crippen MR) is 69.0 cm³/mol. The lowest BCUT2D eigenvalue weighted by molar-refractivity contribution is 0.0513. The molecule has 1 aromatic heterocycles. The maximum Gasteiger partial charge on any atom is 0.209 e. The van der Waals surface area contributed by atoms with E-state index in [0.29, 0.717) is 12.3 Å². The molecule has 18 heavy (non-hydrogen) atoms.